The molecule has 1 N–H and O–H groups in total. The Kier molecular flexibility index (Phi) is 3.88. The first-order valence-corrected chi connectivity index (χ1v) is 7.59. The van der Waals surface area contributed by atoms with Gasteiger partial charge in [0.15, 0.2) is 0 Å². The summed E-state index contributed by atoms with van der Waals surface area (Å²) in [6.07, 6.45) is 8.43. The lowest BCUT2D eigenvalue weighted by atomic mass is 10.0. The third-order valence-corrected chi connectivity index (χ3v) is 4.21. The summed E-state index contributed by atoms with van der Waals surface area (Å²) in [4.78, 5) is 4.41. The molecule has 0 aliphatic heterocycles. The van der Waals surface area contributed by atoms with Crippen LogP contribution in [0, 0.1) is 0 Å². The summed E-state index contributed by atoms with van der Waals surface area (Å²) < 4.78 is 2.10. The number of hydrogen-bond donors (Lipinski definition) is 1. The number of aryl methyl sites for hydroxylation is 2. The molecule has 106 valence electrons. The van der Waals surface area contributed by atoms with E-state index in [4.69, 9.17) is 0 Å². The van der Waals surface area contributed by atoms with E-state index >= 15 is 0 Å². The van der Waals surface area contributed by atoms with Gasteiger partial charge in [-0.2, -0.15) is 0 Å². The van der Waals surface area contributed by atoms with Crippen LogP contribution in [-0.4, -0.2) is 16.1 Å². The molecule has 1 atom stereocenters. The maximum absolute atomic E-state index is 4.41. The Bertz CT molecular complexity index is 586. The minimum atomic E-state index is 0.562. The van der Waals surface area contributed by atoms with E-state index in [2.05, 4.69) is 47.0 Å². The number of aromatic nitrogens is 2. The second kappa shape index (κ2) is 5.80. The maximum Gasteiger partial charge on any atom is 0.112 e. The molecule has 0 radical (unpaired) electrons. The maximum atomic E-state index is 4.41. The first-order chi connectivity index (χ1) is 9.78. The van der Waals surface area contributed by atoms with Crippen molar-refractivity contribution in [2.75, 3.05) is 6.54 Å². The second-order valence-electron chi connectivity index (χ2n) is 5.71. The molecule has 20 heavy (non-hydrogen) atoms. The van der Waals surface area contributed by atoms with Crippen molar-refractivity contribution in [2.45, 2.75) is 38.6 Å². The Hall–Kier alpha value is -1.61. The second-order valence-corrected chi connectivity index (χ2v) is 5.71. The van der Waals surface area contributed by atoms with E-state index in [9.17, 15) is 0 Å². The SMILES string of the molecule is CCCNC1CCc2cc(Cc3nccn3C)ccc21. The third-order valence-electron chi connectivity index (χ3n) is 4.21. The van der Waals surface area contributed by atoms with Gasteiger partial charge in [0.05, 0.1) is 0 Å². The molecule has 0 bridgehead atoms. The molecule has 1 heterocycles. The van der Waals surface area contributed by atoms with Crippen LogP contribution in [0.15, 0.2) is 30.6 Å². The van der Waals surface area contributed by atoms with E-state index in [1.54, 1.807) is 0 Å². The molecule has 0 fully saturated rings. The fraction of sp³-hybridized carbons (Fsp3) is 0.471. The van der Waals surface area contributed by atoms with Gasteiger partial charge in [-0.1, -0.05) is 25.1 Å². The largest absolute Gasteiger partial charge is 0.338 e. The Labute approximate surface area is 121 Å². The zero-order chi connectivity index (χ0) is 13.9. The average molecular weight is 269 g/mol. The lowest BCUT2D eigenvalue weighted by Crippen LogP contribution is -2.19. The summed E-state index contributed by atoms with van der Waals surface area (Å²) in [7, 11) is 2.06. The van der Waals surface area contributed by atoms with E-state index in [-0.39, 0.29) is 0 Å². The van der Waals surface area contributed by atoms with Crippen molar-refractivity contribution < 1.29 is 0 Å². The molecule has 3 heteroatoms. The molecule has 1 aromatic heterocycles. The van der Waals surface area contributed by atoms with Crippen molar-refractivity contribution in [1.82, 2.24) is 14.9 Å². The van der Waals surface area contributed by atoms with Gasteiger partial charge >= 0.3 is 0 Å². The summed E-state index contributed by atoms with van der Waals surface area (Å²) in [6.45, 7) is 3.33. The molecule has 1 aliphatic carbocycles. The number of fused-ring (bicyclic) bond motifs is 1. The van der Waals surface area contributed by atoms with E-state index in [1.165, 1.54) is 36.0 Å². The van der Waals surface area contributed by atoms with Crippen molar-refractivity contribution in [3.05, 3.63) is 53.1 Å². The zero-order valence-corrected chi connectivity index (χ0v) is 12.4. The molecule has 0 saturated carbocycles. The topological polar surface area (TPSA) is 29.9 Å². The smallest absolute Gasteiger partial charge is 0.112 e. The van der Waals surface area contributed by atoms with Crippen LogP contribution < -0.4 is 5.32 Å². The Morgan fingerprint density at radius 1 is 1.40 bits per heavy atom. The lowest BCUT2D eigenvalue weighted by molar-refractivity contribution is 0.529. The van der Waals surface area contributed by atoms with Gasteiger partial charge in [0.1, 0.15) is 5.82 Å². The van der Waals surface area contributed by atoms with Crippen molar-refractivity contribution >= 4 is 0 Å². The van der Waals surface area contributed by atoms with E-state index in [0.717, 1.165) is 18.8 Å². The third kappa shape index (κ3) is 2.63. The predicted molar refractivity (Wildman–Crippen MR) is 81.8 cm³/mol. The van der Waals surface area contributed by atoms with Crippen LogP contribution in [0.5, 0.6) is 0 Å². The molecule has 1 aromatic carbocycles. The van der Waals surface area contributed by atoms with Gasteiger partial charge in [0.2, 0.25) is 0 Å². The molecular weight excluding hydrogens is 246 g/mol. The number of imidazole rings is 1. The Morgan fingerprint density at radius 2 is 2.30 bits per heavy atom. The van der Waals surface area contributed by atoms with E-state index < -0.39 is 0 Å². The Morgan fingerprint density at radius 3 is 3.05 bits per heavy atom. The molecule has 3 rings (SSSR count). The van der Waals surface area contributed by atoms with Crippen molar-refractivity contribution in [1.29, 1.82) is 0 Å². The van der Waals surface area contributed by atoms with Crippen LogP contribution in [0.1, 0.15) is 48.3 Å². The molecule has 0 amide bonds. The standard InChI is InChI=1S/C17H23N3/c1-3-8-18-16-7-5-14-11-13(4-6-15(14)16)12-17-19-9-10-20(17)2/h4,6,9-11,16,18H,3,5,7-8,12H2,1-2H3. The van der Waals surface area contributed by atoms with Crippen LogP contribution in [0.2, 0.25) is 0 Å². The number of nitrogens with one attached hydrogen (secondary N) is 1. The quantitative estimate of drug-likeness (QED) is 0.904. The zero-order valence-electron chi connectivity index (χ0n) is 12.4. The molecule has 3 nitrogen and oxygen atoms in total. The first-order valence-electron chi connectivity index (χ1n) is 7.59. The number of nitrogens with zero attached hydrogens (tertiary/aromatic N) is 2. The predicted octanol–water partition coefficient (Wildman–Crippen LogP) is 3.00. The van der Waals surface area contributed by atoms with E-state index in [0.29, 0.717) is 6.04 Å². The Balaban J connectivity index is 1.76. The minimum Gasteiger partial charge on any atom is -0.338 e. The fourth-order valence-corrected chi connectivity index (χ4v) is 3.06. The van der Waals surface area contributed by atoms with Gasteiger partial charge in [0.25, 0.3) is 0 Å². The van der Waals surface area contributed by atoms with Crippen molar-refractivity contribution in [3.63, 3.8) is 0 Å². The van der Waals surface area contributed by atoms with E-state index in [1.807, 2.05) is 12.4 Å². The van der Waals surface area contributed by atoms with Gasteiger partial charge in [-0.3, -0.25) is 0 Å². The summed E-state index contributed by atoms with van der Waals surface area (Å²) in [5.41, 5.74) is 4.39. The van der Waals surface area contributed by atoms with Gasteiger partial charge < -0.3 is 9.88 Å². The van der Waals surface area contributed by atoms with Crippen LogP contribution in [0.25, 0.3) is 0 Å². The highest BCUT2D eigenvalue weighted by Gasteiger charge is 2.21. The van der Waals surface area contributed by atoms with Gasteiger partial charge in [-0.05, 0) is 42.5 Å². The molecule has 2 aromatic rings. The highest BCUT2D eigenvalue weighted by atomic mass is 15.0. The van der Waals surface area contributed by atoms with Crippen LogP contribution in [0.4, 0.5) is 0 Å². The van der Waals surface area contributed by atoms with Crippen molar-refractivity contribution in [2.24, 2.45) is 7.05 Å². The van der Waals surface area contributed by atoms with Crippen LogP contribution in [-0.2, 0) is 19.9 Å². The molecule has 0 saturated heterocycles. The summed E-state index contributed by atoms with van der Waals surface area (Å²) in [5, 5.41) is 3.65. The summed E-state index contributed by atoms with van der Waals surface area (Å²) in [5.74, 6) is 1.13. The molecule has 0 spiro atoms. The molecule has 1 aliphatic rings. The fourth-order valence-electron chi connectivity index (χ4n) is 3.06. The highest BCUT2D eigenvalue weighted by molar-refractivity contribution is 5.38. The van der Waals surface area contributed by atoms with Gasteiger partial charge in [-0.25, -0.2) is 4.98 Å². The van der Waals surface area contributed by atoms with Gasteiger partial charge in [-0.15, -0.1) is 0 Å². The van der Waals surface area contributed by atoms with Gasteiger partial charge in [0, 0.05) is 31.9 Å². The number of hydrogen-bond acceptors (Lipinski definition) is 2. The normalized spacial score (nSPS) is 17.4. The van der Waals surface area contributed by atoms with Crippen molar-refractivity contribution in [3.8, 4) is 0 Å². The van der Waals surface area contributed by atoms with Crippen LogP contribution in [0.3, 0.4) is 0 Å². The van der Waals surface area contributed by atoms with Crippen LogP contribution >= 0.6 is 0 Å². The highest BCUT2D eigenvalue weighted by Crippen LogP contribution is 2.32. The number of rotatable bonds is 5. The monoisotopic (exact) mass is 269 g/mol. The molecular formula is C17H23N3. The first kappa shape index (κ1) is 13.4. The average Bonchev–Trinajstić information content (AvgIpc) is 3.03. The number of benzene rings is 1. The summed E-state index contributed by atoms with van der Waals surface area (Å²) in [6, 6.07) is 7.51. The summed E-state index contributed by atoms with van der Waals surface area (Å²) >= 11 is 0. The lowest BCUT2D eigenvalue weighted by Gasteiger charge is -2.13. The molecule has 1 unspecified atom stereocenters. The minimum absolute atomic E-state index is 0.562.